The summed E-state index contributed by atoms with van der Waals surface area (Å²) in [6, 6.07) is 10.5. The SMILES string of the molecule is CC(C)(C(=O)O)c1ccc2cc(O)ccc2c1. The van der Waals surface area contributed by atoms with E-state index in [1.807, 2.05) is 12.1 Å². The molecule has 0 aromatic heterocycles. The fraction of sp³-hybridized carbons (Fsp3) is 0.214. The number of aliphatic carboxylic acids is 1. The van der Waals surface area contributed by atoms with Gasteiger partial charge in [-0.15, -0.1) is 0 Å². The molecule has 0 aliphatic rings. The third-order valence-corrected chi connectivity index (χ3v) is 3.08. The van der Waals surface area contributed by atoms with Crippen molar-refractivity contribution in [3.63, 3.8) is 0 Å². The van der Waals surface area contributed by atoms with Crippen molar-refractivity contribution < 1.29 is 15.0 Å². The lowest BCUT2D eigenvalue weighted by Gasteiger charge is -2.20. The van der Waals surface area contributed by atoms with E-state index in [9.17, 15) is 15.0 Å². The lowest BCUT2D eigenvalue weighted by molar-refractivity contribution is -0.142. The molecule has 2 rings (SSSR count). The summed E-state index contributed by atoms with van der Waals surface area (Å²) in [5.41, 5.74) is -0.158. The lowest BCUT2D eigenvalue weighted by Crippen LogP contribution is -2.28. The first kappa shape index (κ1) is 11.5. The van der Waals surface area contributed by atoms with Gasteiger partial charge in [0.25, 0.3) is 0 Å². The zero-order valence-electron chi connectivity index (χ0n) is 9.77. The number of hydrogen-bond acceptors (Lipinski definition) is 2. The maximum absolute atomic E-state index is 11.2. The molecule has 0 heterocycles. The molecule has 0 bridgehead atoms. The highest BCUT2D eigenvalue weighted by Crippen LogP contribution is 2.28. The molecule has 0 spiro atoms. The van der Waals surface area contributed by atoms with E-state index in [-0.39, 0.29) is 5.75 Å². The molecule has 0 unspecified atom stereocenters. The fourth-order valence-corrected chi connectivity index (χ4v) is 1.75. The number of phenols is 1. The molecular weight excluding hydrogens is 216 g/mol. The van der Waals surface area contributed by atoms with Crippen LogP contribution in [-0.4, -0.2) is 16.2 Å². The summed E-state index contributed by atoms with van der Waals surface area (Å²) in [5.74, 6) is -0.640. The van der Waals surface area contributed by atoms with Gasteiger partial charge in [0.15, 0.2) is 0 Å². The Labute approximate surface area is 99.3 Å². The molecule has 0 saturated carbocycles. The number of carbonyl (C=O) groups is 1. The summed E-state index contributed by atoms with van der Waals surface area (Å²) in [6.45, 7) is 3.35. The van der Waals surface area contributed by atoms with Crippen LogP contribution in [0.2, 0.25) is 0 Å². The summed E-state index contributed by atoms with van der Waals surface area (Å²) in [6.07, 6.45) is 0. The smallest absolute Gasteiger partial charge is 0.313 e. The van der Waals surface area contributed by atoms with E-state index >= 15 is 0 Å². The van der Waals surface area contributed by atoms with E-state index in [4.69, 9.17) is 0 Å². The van der Waals surface area contributed by atoms with Crippen LogP contribution in [0.1, 0.15) is 19.4 Å². The van der Waals surface area contributed by atoms with E-state index in [0.29, 0.717) is 0 Å². The van der Waals surface area contributed by atoms with Gasteiger partial charge in [0.1, 0.15) is 5.75 Å². The second kappa shape index (κ2) is 3.77. The van der Waals surface area contributed by atoms with Crippen molar-refractivity contribution in [3.05, 3.63) is 42.0 Å². The summed E-state index contributed by atoms with van der Waals surface area (Å²) in [4.78, 5) is 11.2. The first-order valence-corrected chi connectivity index (χ1v) is 5.38. The number of carboxylic acid groups (broad SMARTS) is 1. The van der Waals surface area contributed by atoms with Gasteiger partial charge in [-0.1, -0.05) is 24.3 Å². The Morgan fingerprint density at radius 3 is 2.29 bits per heavy atom. The number of carboxylic acids is 1. The monoisotopic (exact) mass is 230 g/mol. The van der Waals surface area contributed by atoms with Crippen molar-refractivity contribution >= 4 is 16.7 Å². The minimum Gasteiger partial charge on any atom is -0.508 e. The molecule has 88 valence electrons. The largest absolute Gasteiger partial charge is 0.508 e. The maximum Gasteiger partial charge on any atom is 0.313 e. The van der Waals surface area contributed by atoms with Gasteiger partial charge in [-0.3, -0.25) is 4.79 Å². The van der Waals surface area contributed by atoms with E-state index in [1.165, 1.54) is 0 Å². The average Bonchev–Trinajstić information content (AvgIpc) is 2.28. The molecule has 2 aromatic rings. The predicted octanol–water partition coefficient (Wildman–Crippen LogP) is 2.91. The maximum atomic E-state index is 11.2. The third kappa shape index (κ3) is 1.96. The van der Waals surface area contributed by atoms with Crippen LogP contribution >= 0.6 is 0 Å². The normalized spacial score (nSPS) is 11.6. The quantitative estimate of drug-likeness (QED) is 0.834. The van der Waals surface area contributed by atoms with Crippen LogP contribution in [-0.2, 0) is 10.2 Å². The Morgan fingerprint density at radius 2 is 1.65 bits per heavy atom. The summed E-state index contributed by atoms with van der Waals surface area (Å²) < 4.78 is 0. The molecule has 3 nitrogen and oxygen atoms in total. The van der Waals surface area contributed by atoms with Crippen molar-refractivity contribution in [2.45, 2.75) is 19.3 Å². The Bertz CT molecular complexity index is 585. The topological polar surface area (TPSA) is 57.5 Å². The van der Waals surface area contributed by atoms with Gasteiger partial charge in [-0.2, -0.15) is 0 Å². The van der Waals surface area contributed by atoms with Crippen molar-refractivity contribution in [1.29, 1.82) is 0 Å². The molecule has 0 aliphatic carbocycles. The summed E-state index contributed by atoms with van der Waals surface area (Å²) in [5, 5.41) is 20.3. The van der Waals surface area contributed by atoms with Gasteiger partial charge in [-0.05, 0) is 42.3 Å². The van der Waals surface area contributed by atoms with Crippen molar-refractivity contribution in [2.75, 3.05) is 0 Å². The average molecular weight is 230 g/mol. The molecule has 3 heteroatoms. The molecule has 0 aliphatic heterocycles. The van der Waals surface area contributed by atoms with Gasteiger partial charge in [0, 0.05) is 0 Å². The molecule has 0 fully saturated rings. The number of fused-ring (bicyclic) bond motifs is 1. The molecule has 2 aromatic carbocycles. The Morgan fingerprint density at radius 1 is 1.06 bits per heavy atom. The Kier molecular flexibility index (Phi) is 2.54. The summed E-state index contributed by atoms with van der Waals surface area (Å²) >= 11 is 0. The second-order valence-electron chi connectivity index (χ2n) is 4.68. The minimum absolute atomic E-state index is 0.211. The minimum atomic E-state index is -0.911. The Hall–Kier alpha value is -2.03. The molecule has 0 atom stereocenters. The first-order chi connectivity index (χ1) is 7.91. The van der Waals surface area contributed by atoms with Gasteiger partial charge < -0.3 is 10.2 Å². The number of phenolic OH excluding ortho intramolecular Hbond substituents is 1. The highest BCUT2D eigenvalue weighted by Gasteiger charge is 2.29. The zero-order chi connectivity index (χ0) is 12.6. The standard InChI is InChI=1S/C14H14O3/c1-14(2,13(16)17)11-5-3-10-8-12(15)6-4-9(10)7-11/h3-8,15H,1-2H3,(H,16,17). The molecule has 2 N–H and O–H groups in total. The summed E-state index contributed by atoms with van der Waals surface area (Å²) in [7, 11) is 0. The number of rotatable bonds is 2. The fourth-order valence-electron chi connectivity index (χ4n) is 1.75. The molecular formula is C14H14O3. The van der Waals surface area contributed by atoms with Crippen LogP contribution in [0.3, 0.4) is 0 Å². The molecule has 0 saturated heterocycles. The number of hydrogen-bond donors (Lipinski definition) is 2. The van der Waals surface area contributed by atoms with E-state index in [2.05, 4.69) is 0 Å². The van der Waals surface area contributed by atoms with Crippen molar-refractivity contribution in [3.8, 4) is 5.75 Å². The van der Waals surface area contributed by atoms with Gasteiger partial charge in [0.2, 0.25) is 0 Å². The van der Waals surface area contributed by atoms with E-state index < -0.39 is 11.4 Å². The second-order valence-corrected chi connectivity index (χ2v) is 4.68. The molecule has 0 amide bonds. The predicted molar refractivity (Wildman–Crippen MR) is 66.3 cm³/mol. The molecule has 17 heavy (non-hydrogen) atoms. The van der Waals surface area contributed by atoms with Crippen molar-refractivity contribution in [2.24, 2.45) is 0 Å². The van der Waals surface area contributed by atoms with Crippen molar-refractivity contribution in [1.82, 2.24) is 0 Å². The van der Waals surface area contributed by atoms with Crippen LogP contribution in [0.4, 0.5) is 0 Å². The van der Waals surface area contributed by atoms with Crippen LogP contribution < -0.4 is 0 Å². The molecule has 0 radical (unpaired) electrons. The third-order valence-electron chi connectivity index (χ3n) is 3.08. The van der Waals surface area contributed by atoms with Crippen LogP contribution in [0.15, 0.2) is 36.4 Å². The van der Waals surface area contributed by atoms with Crippen LogP contribution in [0.25, 0.3) is 10.8 Å². The highest BCUT2D eigenvalue weighted by molar-refractivity contribution is 5.87. The Balaban J connectivity index is 2.59. The number of aromatic hydroxyl groups is 1. The van der Waals surface area contributed by atoms with E-state index in [1.54, 1.807) is 38.1 Å². The van der Waals surface area contributed by atoms with Gasteiger partial charge in [0.05, 0.1) is 5.41 Å². The lowest BCUT2D eigenvalue weighted by atomic mass is 9.84. The zero-order valence-corrected chi connectivity index (χ0v) is 9.77. The van der Waals surface area contributed by atoms with Gasteiger partial charge >= 0.3 is 5.97 Å². The van der Waals surface area contributed by atoms with Crippen LogP contribution in [0.5, 0.6) is 5.75 Å². The number of benzene rings is 2. The first-order valence-electron chi connectivity index (χ1n) is 5.38. The van der Waals surface area contributed by atoms with Crippen LogP contribution in [0, 0.1) is 0 Å². The van der Waals surface area contributed by atoms with E-state index in [0.717, 1.165) is 16.3 Å². The highest BCUT2D eigenvalue weighted by atomic mass is 16.4. The van der Waals surface area contributed by atoms with Gasteiger partial charge in [-0.25, -0.2) is 0 Å².